The Morgan fingerprint density at radius 1 is 1.20 bits per heavy atom. The van der Waals surface area contributed by atoms with Gasteiger partial charge in [-0.15, -0.1) is 0 Å². The Morgan fingerprint density at radius 3 is 2.48 bits per heavy atom. The second kappa shape index (κ2) is 12.9. The fourth-order valence-corrected chi connectivity index (χ4v) is 6.06. The first-order valence-electron chi connectivity index (χ1n) is 13.5. The van der Waals surface area contributed by atoms with Crippen LogP contribution in [0.4, 0.5) is 13.2 Å². The van der Waals surface area contributed by atoms with E-state index < -0.39 is 21.8 Å². The first-order valence-corrected chi connectivity index (χ1v) is 14.9. The van der Waals surface area contributed by atoms with Gasteiger partial charge in [-0.1, -0.05) is 25.5 Å². The van der Waals surface area contributed by atoms with Crippen molar-refractivity contribution in [1.29, 1.82) is 0 Å². The Morgan fingerprint density at radius 2 is 1.88 bits per heavy atom. The lowest BCUT2D eigenvalue weighted by Gasteiger charge is -2.41. The molecule has 1 aliphatic carbocycles. The monoisotopic (exact) mass is 584 g/mol. The number of sulfonamides is 1. The van der Waals surface area contributed by atoms with Gasteiger partial charge in [0.1, 0.15) is 5.75 Å². The number of aromatic nitrogens is 1. The summed E-state index contributed by atoms with van der Waals surface area (Å²) in [6.07, 6.45) is 0.739. The van der Waals surface area contributed by atoms with E-state index in [0.29, 0.717) is 31.1 Å². The highest BCUT2D eigenvalue weighted by atomic mass is 32.2. The molecule has 1 aromatic heterocycles. The Balaban J connectivity index is 1.72. The number of alkyl halides is 3. The molecule has 40 heavy (non-hydrogen) atoms. The summed E-state index contributed by atoms with van der Waals surface area (Å²) in [4.78, 5) is 12.8. The minimum atomic E-state index is -4.55. The predicted octanol–water partition coefficient (Wildman–Crippen LogP) is 5.09. The molecule has 0 radical (unpaired) electrons. The second-order valence-corrected chi connectivity index (χ2v) is 13.0. The number of ether oxygens (including phenoxy) is 1. The number of nitrogens with zero attached hydrogens (tertiary/aromatic N) is 1. The second-order valence-electron chi connectivity index (χ2n) is 11.2. The Bertz CT molecular complexity index is 1360. The summed E-state index contributed by atoms with van der Waals surface area (Å²) in [6.45, 7) is 9.09. The first kappa shape index (κ1) is 31.9. The smallest absolute Gasteiger partial charge is 0.416 e. The van der Waals surface area contributed by atoms with Gasteiger partial charge in [0.25, 0.3) is 5.56 Å². The lowest BCUT2D eigenvalue weighted by molar-refractivity contribution is -0.137. The van der Waals surface area contributed by atoms with E-state index in [0.717, 1.165) is 48.4 Å². The zero-order valence-electron chi connectivity index (χ0n) is 23.5. The molecule has 1 heterocycles. The molecule has 0 bridgehead atoms. The van der Waals surface area contributed by atoms with Gasteiger partial charge in [-0.3, -0.25) is 4.79 Å². The van der Waals surface area contributed by atoms with Crippen molar-refractivity contribution in [3.8, 4) is 5.75 Å². The van der Waals surface area contributed by atoms with Crippen molar-refractivity contribution in [2.75, 3.05) is 19.8 Å². The van der Waals surface area contributed by atoms with Crippen molar-refractivity contribution in [2.24, 2.45) is 11.3 Å². The first-order chi connectivity index (χ1) is 18.7. The van der Waals surface area contributed by atoms with Crippen molar-refractivity contribution in [3.63, 3.8) is 0 Å². The number of benzene rings is 1. The van der Waals surface area contributed by atoms with Crippen LogP contribution < -0.4 is 15.0 Å². The van der Waals surface area contributed by atoms with Crippen LogP contribution in [-0.4, -0.2) is 37.8 Å². The summed E-state index contributed by atoms with van der Waals surface area (Å²) < 4.78 is 73.4. The number of fused-ring (bicyclic) bond motifs is 1. The number of aliphatic hydroxyl groups excluding tert-OH is 1. The molecule has 7 nitrogen and oxygen atoms in total. The average molecular weight is 585 g/mol. The number of aliphatic hydroxyl groups is 1. The Labute approximate surface area is 234 Å². The maximum absolute atomic E-state index is 13.0. The van der Waals surface area contributed by atoms with Crippen molar-refractivity contribution < 1.29 is 31.4 Å². The van der Waals surface area contributed by atoms with Gasteiger partial charge in [0, 0.05) is 37.0 Å². The molecule has 0 spiro atoms. The van der Waals surface area contributed by atoms with E-state index in [-0.39, 0.29) is 42.0 Å². The Kier molecular flexibility index (Phi) is 10.3. The fourth-order valence-electron chi connectivity index (χ4n) is 4.98. The van der Waals surface area contributed by atoms with Crippen LogP contribution in [0.3, 0.4) is 0 Å². The number of rotatable bonds is 12. The highest BCUT2D eigenvalue weighted by Gasteiger charge is 2.37. The van der Waals surface area contributed by atoms with Gasteiger partial charge in [-0.25, -0.2) is 13.1 Å². The molecule has 0 saturated heterocycles. The number of pyridine rings is 1. The van der Waals surface area contributed by atoms with Crippen LogP contribution in [-0.2, 0) is 35.6 Å². The fraction of sp³-hybridized carbons (Fsp3) is 0.552. The number of nitrogens with one attached hydrogen (secondary N) is 1. The van der Waals surface area contributed by atoms with Gasteiger partial charge in [-0.2, -0.15) is 13.2 Å². The summed E-state index contributed by atoms with van der Waals surface area (Å²) in [5.74, 6) is 0.820. The topological polar surface area (TPSA) is 97.6 Å². The molecule has 1 aliphatic rings. The van der Waals surface area contributed by atoms with Crippen LogP contribution in [0.15, 0.2) is 51.7 Å². The molecule has 2 N–H and O–H groups in total. The lowest BCUT2D eigenvalue weighted by Crippen LogP contribution is -2.38. The van der Waals surface area contributed by atoms with Crippen LogP contribution in [0, 0.1) is 11.3 Å². The molecule has 11 heteroatoms. The quantitative estimate of drug-likeness (QED) is 0.268. The molecule has 0 fully saturated rings. The highest BCUT2D eigenvalue weighted by molar-refractivity contribution is 7.89. The van der Waals surface area contributed by atoms with Crippen molar-refractivity contribution in [1.82, 2.24) is 9.29 Å². The number of allylic oxidation sites excluding steroid dienone is 2. The molecule has 1 unspecified atom stereocenters. The SMILES string of the molecule is CC(C)=CCC1Cc2c(OCCCNS(=O)(=O)c3ccc(C(F)(F)F)cc3)cc(=O)n(CCCO)c2CC1(C)C. The van der Waals surface area contributed by atoms with Crippen LogP contribution >= 0.6 is 0 Å². The van der Waals surface area contributed by atoms with E-state index in [1.165, 1.54) is 11.6 Å². The largest absolute Gasteiger partial charge is 0.493 e. The molecule has 2 aromatic rings. The third-order valence-electron chi connectivity index (χ3n) is 7.38. The van der Waals surface area contributed by atoms with E-state index in [9.17, 15) is 31.5 Å². The van der Waals surface area contributed by atoms with Crippen LogP contribution in [0.5, 0.6) is 5.75 Å². The molecule has 3 rings (SSSR count). The van der Waals surface area contributed by atoms with Gasteiger partial charge in [0.2, 0.25) is 10.0 Å². The third-order valence-corrected chi connectivity index (χ3v) is 8.86. The van der Waals surface area contributed by atoms with E-state index in [2.05, 4.69) is 38.5 Å². The highest BCUT2D eigenvalue weighted by Crippen LogP contribution is 2.44. The van der Waals surface area contributed by atoms with E-state index in [1.54, 1.807) is 4.57 Å². The summed E-state index contributed by atoms with van der Waals surface area (Å²) in [7, 11) is -3.99. The van der Waals surface area contributed by atoms with Gasteiger partial charge in [0.05, 0.1) is 17.1 Å². The van der Waals surface area contributed by atoms with Crippen molar-refractivity contribution >= 4 is 10.0 Å². The summed E-state index contributed by atoms with van der Waals surface area (Å²) in [5.41, 5.74) is 1.94. The molecule has 0 amide bonds. The number of halogens is 3. The summed E-state index contributed by atoms with van der Waals surface area (Å²) in [5, 5.41) is 9.34. The van der Waals surface area contributed by atoms with Crippen LogP contribution in [0.1, 0.15) is 63.8 Å². The summed E-state index contributed by atoms with van der Waals surface area (Å²) >= 11 is 0. The zero-order valence-corrected chi connectivity index (χ0v) is 24.3. The third kappa shape index (κ3) is 7.98. The average Bonchev–Trinajstić information content (AvgIpc) is 2.86. The molecule has 222 valence electrons. The molecule has 0 aliphatic heterocycles. The maximum atomic E-state index is 13.0. The van der Waals surface area contributed by atoms with Crippen molar-refractivity contribution in [3.05, 3.63) is 69.2 Å². The lowest BCUT2D eigenvalue weighted by atomic mass is 9.66. The molecule has 1 atom stereocenters. The molecular weight excluding hydrogens is 545 g/mol. The van der Waals surface area contributed by atoms with Crippen LogP contribution in [0.25, 0.3) is 0 Å². The molecule has 0 saturated carbocycles. The molecular formula is C29H39F3N2O5S. The van der Waals surface area contributed by atoms with E-state index in [1.807, 2.05) is 0 Å². The van der Waals surface area contributed by atoms with E-state index >= 15 is 0 Å². The predicted molar refractivity (Wildman–Crippen MR) is 148 cm³/mol. The van der Waals surface area contributed by atoms with Gasteiger partial charge < -0.3 is 14.4 Å². The van der Waals surface area contributed by atoms with E-state index in [4.69, 9.17) is 4.74 Å². The van der Waals surface area contributed by atoms with Gasteiger partial charge >= 0.3 is 6.18 Å². The van der Waals surface area contributed by atoms with Gasteiger partial charge in [-0.05, 0) is 81.5 Å². The molecule has 1 aromatic carbocycles. The van der Waals surface area contributed by atoms with Gasteiger partial charge in [0.15, 0.2) is 0 Å². The standard InChI is InChI=1S/C29H39F3N2O5S/c1-20(2)7-8-22-17-24-25(19-28(22,3)4)34(14-6-15-35)27(36)18-26(24)39-16-5-13-33-40(37,38)23-11-9-21(10-12-23)29(30,31)32/h7,9-12,18,22,33,35H,5-6,8,13-17,19H2,1-4H3. The maximum Gasteiger partial charge on any atom is 0.416 e. The van der Waals surface area contributed by atoms with Crippen molar-refractivity contribution in [2.45, 2.75) is 77.4 Å². The minimum absolute atomic E-state index is 0.00927. The Hall–Kier alpha value is -2.63. The summed E-state index contributed by atoms with van der Waals surface area (Å²) in [6, 6.07) is 4.78. The number of hydrogen-bond donors (Lipinski definition) is 2. The van der Waals surface area contributed by atoms with Crippen LogP contribution in [0.2, 0.25) is 0 Å². The minimum Gasteiger partial charge on any atom is -0.493 e. The normalized spacial score (nSPS) is 16.9. The zero-order chi connectivity index (χ0) is 29.7. The number of hydrogen-bond acceptors (Lipinski definition) is 5.